The molecule has 4 heteroatoms. The lowest BCUT2D eigenvalue weighted by atomic mass is 10.1. The topological polar surface area (TPSA) is 27.3 Å². The van der Waals surface area contributed by atoms with Crippen molar-refractivity contribution in [3.8, 4) is 11.5 Å². The van der Waals surface area contributed by atoms with E-state index in [4.69, 9.17) is 9.47 Å². The maximum absolute atomic E-state index is 5.41. The molecule has 1 aliphatic rings. The minimum Gasteiger partial charge on any atom is -0.493 e. The van der Waals surface area contributed by atoms with Gasteiger partial charge in [0.2, 0.25) is 0 Å². The van der Waals surface area contributed by atoms with Crippen LogP contribution in [0.3, 0.4) is 0 Å². The molecule has 0 unspecified atom stereocenters. The first kappa shape index (κ1) is 16.8. The number of methoxy groups -OCH3 is 2. The minimum absolute atomic E-state index is 0.799. The summed E-state index contributed by atoms with van der Waals surface area (Å²) < 4.78 is 10.7. The van der Waals surface area contributed by atoms with E-state index in [-0.39, 0.29) is 0 Å². The molecule has 4 nitrogen and oxygen atoms in total. The zero-order valence-corrected chi connectivity index (χ0v) is 14.7. The Morgan fingerprint density at radius 3 is 1.88 bits per heavy atom. The molecule has 2 aromatic carbocycles. The van der Waals surface area contributed by atoms with Crippen LogP contribution in [-0.2, 0) is 13.1 Å². The minimum atomic E-state index is 0.799. The van der Waals surface area contributed by atoms with E-state index in [0.717, 1.165) is 24.6 Å². The molecule has 128 valence electrons. The Morgan fingerprint density at radius 1 is 0.708 bits per heavy atom. The number of rotatable bonds is 6. The third-order valence-electron chi connectivity index (χ3n) is 4.86. The van der Waals surface area contributed by atoms with Gasteiger partial charge < -0.3 is 19.3 Å². The molecule has 0 aromatic heterocycles. The van der Waals surface area contributed by atoms with E-state index in [1.54, 1.807) is 24.0 Å². The predicted molar refractivity (Wildman–Crippen MR) is 94.8 cm³/mol. The molecular formula is C20H28N2O2+2. The summed E-state index contributed by atoms with van der Waals surface area (Å²) in [6, 6.07) is 17.1. The number of ether oxygens (including phenoxy) is 2. The number of piperazine rings is 1. The molecule has 24 heavy (non-hydrogen) atoms. The smallest absolute Gasteiger partial charge is 0.161 e. The van der Waals surface area contributed by atoms with Crippen molar-refractivity contribution < 1.29 is 19.3 Å². The zero-order valence-electron chi connectivity index (χ0n) is 14.7. The summed E-state index contributed by atoms with van der Waals surface area (Å²) in [6.07, 6.45) is 0. The molecule has 0 spiro atoms. The highest BCUT2D eigenvalue weighted by Crippen LogP contribution is 2.27. The molecule has 1 heterocycles. The summed E-state index contributed by atoms with van der Waals surface area (Å²) in [4.78, 5) is 3.34. The molecule has 0 bridgehead atoms. The maximum Gasteiger partial charge on any atom is 0.161 e. The van der Waals surface area contributed by atoms with E-state index in [1.807, 2.05) is 6.07 Å². The van der Waals surface area contributed by atoms with Crippen LogP contribution in [0.4, 0.5) is 0 Å². The number of benzene rings is 2. The quantitative estimate of drug-likeness (QED) is 0.792. The van der Waals surface area contributed by atoms with Crippen LogP contribution in [0, 0.1) is 0 Å². The Labute approximate surface area is 144 Å². The van der Waals surface area contributed by atoms with E-state index in [1.165, 1.54) is 37.3 Å². The molecule has 0 aliphatic carbocycles. The monoisotopic (exact) mass is 328 g/mol. The van der Waals surface area contributed by atoms with Crippen LogP contribution in [0.25, 0.3) is 0 Å². The first-order valence-electron chi connectivity index (χ1n) is 8.70. The van der Waals surface area contributed by atoms with E-state index < -0.39 is 0 Å². The van der Waals surface area contributed by atoms with Gasteiger partial charge in [0.05, 0.1) is 14.2 Å². The first-order chi connectivity index (χ1) is 11.8. The van der Waals surface area contributed by atoms with Crippen molar-refractivity contribution >= 4 is 0 Å². The summed E-state index contributed by atoms with van der Waals surface area (Å²) in [7, 11) is 3.37. The van der Waals surface area contributed by atoms with Gasteiger partial charge in [0.25, 0.3) is 0 Å². The van der Waals surface area contributed by atoms with Gasteiger partial charge in [-0.25, -0.2) is 0 Å². The second-order valence-corrected chi connectivity index (χ2v) is 6.53. The fourth-order valence-corrected chi connectivity index (χ4v) is 3.47. The van der Waals surface area contributed by atoms with Crippen molar-refractivity contribution in [2.75, 3.05) is 40.4 Å². The maximum atomic E-state index is 5.41. The first-order valence-corrected chi connectivity index (χ1v) is 8.70. The van der Waals surface area contributed by atoms with Crippen LogP contribution in [-0.4, -0.2) is 40.4 Å². The van der Waals surface area contributed by atoms with E-state index in [0.29, 0.717) is 0 Å². The summed E-state index contributed by atoms with van der Waals surface area (Å²) in [6.45, 7) is 7.10. The Hall–Kier alpha value is -2.04. The molecular weight excluding hydrogens is 300 g/mol. The molecule has 1 aliphatic heterocycles. The molecule has 0 radical (unpaired) electrons. The number of quaternary nitrogens is 2. The number of hydrogen-bond acceptors (Lipinski definition) is 2. The molecule has 2 N–H and O–H groups in total. The summed E-state index contributed by atoms with van der Waals surface area (Å²) in [5.74, 6) is 1.62. The van der Waals surface area contributed by atoms with E-state index >= 15 is 0 Å². The molecule has 0 amide bonds. The van der Waals surface area contributed by atoms with Gasteiger partial charge in [0.1, 0.15) is 39.3 Å². The van der Waals surface area contributed by atoms with Gasteiger partial charge in [0.15, 0.2) is 11.5 Å². The highest BCUT2D eigenvalue weighted by Gasteiger charge is 2.23. The number of nitrogens with one attached hydrogen (secondary N) is 2. The normalized spacial score (nSPS) is 20.6. The summed E-state index contributed by atoms with van der Waals surface area (Å²) in [5.41, 5.74) is 2.75. The molecule has 2 aromatic rings. The second-order valence-electron chi connectivity index (χ2n) is 6.53. The van der Waals surface area contributed by atoms with E-state index in [2.05, 4.69) is 42.5 Å². The van der Waals surface area contributed by atoms with Crippen LogP contribution in [0.15, 0.2) is 48.5 Å². The fraction of sp³-hybridized carbons (Fsp3) is 0.400. The van der Waals surface area contributed by atoms with Crippen molar-refractivity contribution in [1.82, 2.24) is 0 Å². The van der Waals surface area contributed by atoms with Crippen LogP contribution in [0.2, 0.25) is 0 Å². The Kier molecular flexibility index (Phi) is 5.72. The Balaban J connectivity index is 1.52. The third kappa shape index (κ3) is 4.28. The lowest BCUT2D eigenvalue weighted by Crippen LogP contribution is -3.27. The predicted octanol–water partition coefficient (Wildman–Crippen LogP) is 0.187. The van der Waals surface area contributed by atoms with Crippen molar-refractivity contribution in [3.63, 3.8) is 0 Å². The van der Waals surface area contributed by atoms with Crippen molar-refractivity contribution in [1.29, 1.82) is 0 Å². The van der Waals surface area contributed by atoms with Crippen LogP contribution >= 0.6 is 0 Å². The van der Waals surface area contributed by atoms with Crippen molar-refractivity contribution in [3.05, 3.63) is 59.7 Å². The SMILES string of the molecule is COc1ccc(C[NH+]2CC[NH+](Cc3ccccc3)CC2)cc1OC. The average molecular weight is 328 g/mol. The highest BCUT2D eigenvalue weighted by atomic mass is 16.5. The third-order valence-corrected chi connectivity index (χ3v) is 4.86. The highest BCUT2D eigenvalue weighted by molar-refractivity contribution is 5.42. The Bertz CT molecular complexity index is 637. The molecule has 1 fully saturated rings. The molecule has 0 saturated carbocycles. The zero-order chi connectivity index (χ0) is 16.8. The second kappa shape index (κ2) is 8.18. The molecule has 1 saturated heterocycles. The standard InChI is InChI=1S/C20H26N2O2/c1-23-19-9-8-18(14-20(19)24-2)16-22-12-10-21(11-13-22)15-17-6-4-3-5-7-17/h3-9,14H,10-13,15-16H2,1-2H3/p+2. The van der Waals surface area contributed by atoms with Gasteiger partial charge in [0, 0.05) is 11.1 Å². The van der Waals surface area contributed by atoms with Gasteiger partial charge in [-0.05, 0) is 18.2 Å². The van der Waals surface area contributed by atoms with Gasteiger partial charge in [-0.1, -0.05) is 30.3 Å². The summed E-state index contributed by atoms with van der Waals surface area (Å²) in [5, 5.41) is 0. The fourth-order valence-electron chi connectivity index (χ4n) is 3.47. The summed E-state index contributed by atoms with van der Waals surface area (Å²) >= 11 is 0. The van der Waals surface area contributed by atoms with Crippen LogP contribution in [0.5, 0.6) is 11.5 Å². The average Bonchev–Trinajstić information content (AvgIpc) is 2.64. The molecule has 0 atom stereocenters. The lowest BCUT2D eigenvalue weighted by Gasteiger charge is -2.30. The largest absolute Gasteiger partial charge is 0.493 e. The van der Waals surface area contributed by atoms with Crippen LogP contribution in [0.1, 0.15) is 11.1 Å². The van der Waals surface area contributed by atoms with Gasteiger partial charge in [-0.15, -0.1) is 0 Å². The van der Waals surface area contributed by atoms with Gasteiger partial charge in [-0.2, -0.15) is 0 Å². The Morgan fingerprint density at radius 2 is 1.29 bits per heavy atom. The van der Waals surface area contributed by atoms with Crippen LogP contribution < -0.4 is 19.3 Å². The van der Waals surface area contributed by atoms with Crippen molar-refractivity contribution in [2.24, 2.45) is 0 Å². The van der Waals surface area contributed by atoms with E-state index in [9.17, 15) is 0 Å². The van der Waals surface area contributed by atoms with Gasteiger partial charge in [-0.3, -0.25) is 0 Å². The van der Waals surface area contributed by atoms with Gasteiger partial charge >= 0.3 is 0 Å². The lowest BCUT2D eigenvalue weighted by molar-refractivity contribution is -1.02. The number of hydrogen-bond donors (Lipinski definition) is 2. The molecule has 3 rings (SSSR count). The van der Waals surface area contributed by atoms with Crippen molar-refractivity contribution in [2.45, 2.75) is 13.1 Å².